The van der Waals surface area contributed by atoms with Crippen LogP contribution in [0.3, 0.4) is 0 Å². The molecule has 1 aromatic heterocycles. The summed E-state index contributed by atoms with van der Waals surface area (Å²) in [6.07, 6.45) is -9.41. The van der Waals surface area contributed by atoms with Gasteiger partial charge in [-0.2, -0.15) is 0 Å². The van der Waals surface area contributed by atoms with Gasteiger partial charge in [-0.05, 0) is 6.07 Å². The van der Waals surface area contributed by atoms with Crippen LogP contribution in [0, 0.1) is 5.82 Å². The van der Waals surface area contributed by atoms with Crippen molar-refractivity contribution in [3.63, 3.8) is 0 Å². The number of aromatic nitrogens is 1. The SMILES string of the molecule is COC(=O)Cc1cc(C(F)F)c(F)c(OC(F)(F)F)n1. The van der Waals surface area contributed by atoms with Crippen molar-refractivity contribution in [1.82, 2.24) is 4.98 Å². The Morgan fingerprint density at radius 2 is 2.00 bits per heavy atom. The van der Waals surface area contributed by atoms with Crippen molar-refractivity contribution in [3.8, 4) is 5.88 Å². The van der Waals surface area contributed by atoms with Gasteiger partial charge in [0.15, 0.2) is 5.82 Å². The third-order valence-corrected chi connectivity index (χ3v) is 2.01. The first-order valence-corrected chi connectivity index (χ1v) is 4.94. The van der Waals surface area contributed by atoms with Crippen molar-refractivity contribution in [2.45, 2.75) is 19.2 Å². The molecule has 1 aromatic rings. The van der Waals surface area contributed by atoms with Crippen LogP contribution < -0.4 is 4.74 Å². The van der Waals surface area contributed by atoms with Crippen LogP contribution in [0.25, 0.3) is 0 Å². The summed E-state index contributed by atoms with van der Waals surface area (Å²) in [7, 11) is 0.979. The average Bonchev–Trinajstić information content (AvgIpc) is 2.30. The number of carbonyl (C=O) groups excluding carboxylic acids is 1. The van der Waals surface area contributed by atoms with Crippen LogP contribution >= 0.6 is 0 Å². The molecule has 0 aliphatic carbocycles. The number of carbonyl (C=O) groups is 1. The van der Waals surface area contributed by atoms with E-state index in [-0.39, 0.29) is 0 Å². The fourth-order valence-electron chi connectivity index (χ4n) is 1.22. The standard InChI is InChI=1S/C10H7F6NO3/c1-19-6(18)3-4-2-5(8(12)13)7(11)9(17-4)20-10(14,15)16/h2,8H,3H2,1H3. The van der Waals surface area contributed by atoms with Crippen molar-refractivity contribution in [3.05, 3.63) is 23.1 Å². The average molecular weight is 303 g/mol. The fourth-order valence-corrected chi connectivity index (χ4v) is 1.22. The number of ether oxygens (including phenoxy) is 2. The second-order valence-electron chi connectivity index (χ2n) is 3.42. The lowest BCUT2D eigenvalue weighted by Gasteiger charge is -2.12. The van der Waals surface area contributed by atoms with Crippen molar-refractivity contribution in [2.24, 2.45) is 0 Å². The van der Waals surface area contributed by atoms with Crippen LogP contribution in [0.15, 0.2) is 6.07 Å². The van der Waals surface area contributed by atoms with Gasteiger partial charge in [0.05, 0.1) is 24.8 Å². The van der Waals surface area contributed by atoms with Crippen LogP contribution in [-0.2, 0) is 16.0 Å². The van der Waals surface area contributed by atoms with E-state index in [1.807, 2.05) is 0 Å². The Morgan fingerprint density at radius 3 is 2.45 bits per heavy atom. The molecule has 0 saturated carbocycles. The van der Waals surface area contributed by atoms with Crippen LogP contribution in [-0.4, -0.2) is 24.4 Å². The molecule has 0 N–H and O–H groups in total. The van der Waals surface area contributed by atoms with Gasteiger partial charge < -0.3 is 9.47 Å². The highest BCUT2D eigenvalue weighted by Gasteiger charge is 2.35. The predicted octanol–water partition coefficient (Wildman–Crippen LogP) is 2.77. The summed E-state index contributed by atoms with van der Waals surface area (Å²) in [6, 6.07) is 0.472. The third-order valence-electron chi connectivity index (χ3n) is 2.01. The molecule has 0 saturated heterocycles. The van der Waals surface area contributed by atoms with Gasteiger partial charge in [0.25, 0.3) is 12.3 Å². The maximum Gasteiger partial charge on any atom is 0.574 e. The molecule has 0 bridgehead atoms. The molecule has 4 nitrogen and oxygen atoms in total. The quantitative estimate of drug-likeness (QED) is 0.634. The highest BCUT2D eigenvalue weighted by Crippen LogP contribution is 2.31. The maximum absolute atomic E-state index is 13.4. The molecule has 0 fully saturated rings. The highest BCUT2D eigenvalue weighted by molar-refractivity contribution is 5.71. The van der Waals surface area contributed by atoms with Gasteiger partial charge in [0.2, 0.25) is 0 Å². The predicted molar refractivity (Wildman–Crippen MR) is 51.6 cm³/mol. The molecule has 10 heteroatoms. The topological polar surface area (TPSA) is 48.4 Å². The highest BCUT2D eigenvalue weighted by atomic mass is 19.4. The molecule has 0 radical (unpaired) electrons. The minimum absolute atomic E-state index is 0.472. The van der Waals surface area contributed by atoms with Gasteiger partial charge >= 0.3 is 12.3 Å². The number of rotatable bonds is 4. The number of halogens is 6. The molecule has 1 heterocycles. The van der Waals surface area contributed by atoms with E-state index >= 15 is 0 Å². The van der Waals surface area contributed by atoms with E-state index in [9.17, 15) is 31.1 Å². The lowest BCUT2D eigenvalue weighted by Crippen LogP contribution is -2.20. The molecule has 0 aliphatic heterocycles. The Labute approximate surface area is 108 Å². The molecule has 0 atom stereocenters. The second kappa shape index (κ2) is 5.97. The minimum atomic E-state index is -5.31. The Bertz CT molecular complexity index is 503. The summed E-state index contributed by atoms with van der Waals surface area (Å²) >= 11 is 0. The number of alkyl halides is 5. The van der Waals surface area contributed by atoms with Crippen LogP contribution in [0.2, 0.25) is 0 Å². The first kappa shape index (κ1) is 16.1. The van der Waals surface area contributed by atoms with Gasteiger partial charge in [0, 0.05) is 0 Å². The Hall–Kier alpha value is -2.00. The summed E-state index contributed by atoms with van der Waals surface area (Å²) < 4.78 is 81.8. The van der Waals surface area contributed by atoms with Gasteiger partial charge in [-0.15, -0.1) is 13.2 Å². The zero-order chi connectivity index (χ0) is 15.5. The van der Waals surface area contributed by atoms with E-state index < -0.39 is 48.1 Å². The first-order valence-electron chi connectivity index (χ1n) is 4.94. The summed E-state index contributed by atoms with van der Waals surface area (Å²) in [5.74, 6) is -4.55. The van der Waals surface area contributed by atoms with E-state index in [0.29, 0.717) is 6.07 Å². The second-order valence-corrected chi connectivity index (χ2v) is 3.42. The number of hydrogen-bond acceptors (Lipinski definition) is 4. The molecule has 20 heavy (non-hydrogen) atoms. The van der Waals surface area contributed by atoms with Crippen molar-refractivity contribution in [1.29, 1.82) is 0 Å². The molecule has 1 rings (SSSR count). The van der Waals surface area contributed by atoms with Gasteiger partial charge in [-0.1, -0.05) is 0 Å². The number of esters is 1. The van der Waals surface area contributed by atoms with E-state index in [1.54, 1.807) is 0 Å². The third kappa shape index (κ3) is 4.28. The van der Waals surface area contributed by atoms with Crippen LogP contribution in [0.4, 0.5) is 26.3 Å². The number of pyridine rings is 1. The van der Waals surface area contributed by atoms with E-state index in [4.69, 9.17) is 0 Å². The van der Waals surface area contributed by atoms with Crippen LogP contribution in [0.1, 0.15) is 17.7 Å². The zero-order valence-electron chi connectivity index (χ0n) is 9.80. The van der Waals surface area contributed by atoms with Gasteiger partial charge in [0.1, 0.15) is 0 Å². The summed E-state index contributed by atoms with van der Waals surface area (Å²) in [5.41, 5.74) is -1.88. The monoisotopic (exact) mass is 303 g/mol. The minimum Gasteiger partial charge on any atom is -0.469 e. The van der Waals surface area contributed by atoms with E-state index in [1.165, 1.54) is 0 Å². The summed E-state index contributed by atoms with van der Waals surface area (Å²) in [4.78, 5) is 14.0. The molecule has 0 spiro atoms. The maximum atomic E-state index is 13.4. The summed E-state index contributed by atoms with van der Waals surface area (Å²) in [6.45, 7) is 0. The van der Waals surface area contributed by atoms with Gasteiger partial charge in [-0.25, -0.2) is 18.2 Å². The number of hydrogen-bond donors (Lipinski definition) is 0. The Kier molecular flexibility index (Phi) is 4.79. The molecule has 0 amide bonds. The van der Waals surface area contributed by atoms with Crippen molar-refractivity contribution in [2.75, 3.05) is 7.11 Å². The lowest BCUT2D eigenvalue weighted by molar-refractivity contribution is -0.277. The van der Waals surface area contributed by atoms with Crippen molar-refractivity contribution < 1.29 is 40.6 Å². The number of methoxy groups -OCH3 is 1. The Morgan fingerprint density at radius 1 is 1.40 bits per heavy atom. The van der Waals surface area contributed by atoms with Crippen LogP contribution in [0.5, 0.6) is 5.88 Å². The smallest absolute Gasteiger partial charge is 0.469 e. The fraction of sp³-hybridized carbons (Fsp3) is 0.400. The zero-order valence-corrected chi connectivity index (χ0v) is 9.80. The molecular weight excluding hydrogens is 296 g/mol. The summed E-state index contributed by atoms with van der Waals surface area (Å²) in [5, 5.41) is 0. The van der Waals surface area contributed by atoms with Gasteiger partial charge in [-0.3, -0.25) is 4.79 Å². The largest absolute Gasteiger partial charge is 0.574 e. The molecule has 112 valence electrons. The Balaban J connectivity index is 3.24. The molecular formula is C10H7F6NO3. The molecule has 0 aromatic carbocycles. The molecule has 0 aliphatic rings. The van der Waals surface area contributed by atoms with E-state index in [0.717, 1.165) is 7.11 Å². The first-order chi connectivity index (χ1) is 9.14. The molecule has 0 unspecified atom stereocenters. The lowest BCUT2D eigenvalue weighted by atomic mass is 10.2. The number of nitrogens with zero attached hydrogens (tertiary/aromatic N) is 1. The normalized spacial score (nSPS) is 11.6. The van der Waals surface area contributed by atoms with Crippen molar-refractivity contribution >= 4 is 5.97 Å². The van der Waals surface area contributed by atoms with E-state index in [2.05, 4.69) is 14.5 Å².